The average Bonchev–Trinajstić information content (AvgIpc) is 2.94. The van der Waals surface area contributed by atoms with Crippen molar-refractivity contribution in [3.63, 3.8) is 0 Å². The number of hydrogen-bond acceptors (Lipinski definition) is 5. The summed E-state index contributed by atoms with van der Waals surface area (Å²) in [4.78, 5) is 15.7. The van der Waals surface area contributed by atoms with E-state index in [9.17, 15) is 18.3 Å². The highest BCUT2D eigenvalue weighted by Gasteiger charge is 2.20. The van der Waals surface area contributed by atoms with Gasteiger partial charge in [0.25, 0.3) is 0 Å². The van der Waals surface area contributed by atoms with Crippen LogP contribution in [0.5, 0.6) is 0 Å². The summed E-state index contributed by atoms with van der Waals surface area (Å²) < 4.78 is 24.5. The number of benzene rings is 2. The molecular formula is C17H16N4O4S. The number of hydrogen-bond donors (Lipinski definition) is 2. The SMILES string of the molecule is Cc1nc(Cc2ccccc2)n(-c2ccc(S(N)(=O)=O)cc2C(=O)O)n1. The van der Waals surface area contributed by atoms with Crippen LogP contribution in [0.1, 0.15) is 27.6 Å². The fourth-order valence-electron chi connectivity index (χ4n) is 2.59. The Hall–Kier alpha value is -3.04. The molecule has 0 saturated heterocycles. The molecule has 0 radical (unpaired) electrons. The Morgan fingerprint density at radius 3 is 2.50 bits per heavy atom. The molecule has 0 aliphatic carbocycles. The number of aryl methyl sites for hydroxylation is 1. The highest BCUT2D eigenvalue weighted by molar-refractivity contribution is 7.89. The van der Waals surface area contributed by atoms with Crippen molar-refractivity contribution in [1.29, 1.82) is 0 Å². The van der Waals surface area contributed by atoms with E-state index in [0.29, 0.717) is 18.1 Å². The summed E-state index contributed by atoms with van der Waals surface area (Å²) in [6.07, 6.45) is 0.442. The smallest absolute Gasteiger partial charge is 0.337 e. The molecular weight excluding hydrogens is 356 g/mol. The van der Waals surface area contributed by atoms with Gasteiger partial charge in [-0.1, -0.05) is 30.3 Å². The molecule has 3 rings (SSSR count). The van der Waals surface area contributed by atoms with E-state index in [4.69, 9.17) is 5.14 Å². The molecule has 0 spiro atoms. The largest absolute Gasteiger partial charge is 0.478 e. The molecule has 0 aliphatic rings. The molecule has 0 saturated carbocycles. The number of sulfonamides is 1. The lowest BCUT2D eigenvalue weighted by Crippen LogP contribution is -2.15. The van der Waals surface area contributed by atoms with E-state index in [2.05, 4.69) is 10.1 Å². The monoisotopic (exact) mass is 372 g/mol. The molecule has 134 valence electrons. The molecule has 0 unspecified atom stereocenters. The van der Waals surface area contributed by atoms with Crippen molar-refractivity contribution in [2.24, 2.45) is 5.14 Å². The first-order chi connectivity index (χ1) is 12.3. The Bertz CT molecular complexity index is 1080. The van der Waals surface area contributed by atoms with Crippen LogP contribution in [-0.4, -0.2) is 34.3 Å². The van der Waals surface area contributed by atoms with Crippen LogP contribution in [-0.2, 0) is 16.4 Å². The molecule has 1 heterocycles. The maximum absolute atomic E-state index is 11.7. The lowest BCUT2D eigenvalue weighted by atomic mass is 10.1. The molecule has 0 fully saturated rings. The van der Waals surface area contributed by atoms with Gasteiger partial charge in [-0.2, -0.15) is 5.10 Å². The second-order valence-electron chi connectivity index (χ2n) is 5.68. The van der Waals surface area contributed by atoms with Crippen LogP contribution in [0.2, 0.25) is 0 Å². The van der Waals surface area contributed by atoms with Crippen LogP contribution in [0, 0.1) is 6.92 Å². The third-order valence-corrected chi connectivity index (χ3v) is 4.65. The van der Waals surface area contributed by atoms with E-state index >= 15 is 0 Å². The first-order valence-corrected chi connectivity index (χ1v) is 9.17. The van der Waals surface area contributed by atoms with Crippen LogP contribution in [0.4, 0.5) is 0 Å². The Morgan fingerprint density at radius 1 is 1.19 bits per heavy atom. The number of nitrogens with two attached hydrogens (primary N) is 1. The molecule has 8 nitrogen and oxygen atoms in total. The normalized spacial score (nSPS) is 11.5. The molecule has 3 aromatic rings. The maximum atomic E-state index is 11.7. The first-order valence-electron chi connectivity index (χ1n) is 7.62. The standard InChI is InChI=1S/C17H16N4O4S/c1-11-19-16(9-12-5-3-2-4-6-12)21(20-11)15-8-7-13(26(18,24)25)10-14(15)17(22)23/h2-8,10H,9H2,1H3,(H,22,23)(H2,18,24,25). The second-order valence-corrected chi connectivity index (χ2v) is 7.24. The van der Waals surface area contributed by atoms with E-state index < -0.39 is 16.0 Å². The predicted molar refractivity (Wildman–Crippen MR) is 93.7 cm³/mol. The van der Waals surface area contributed by atoms with Crippen molar-refractivity contribution in [3.8, 4) is 5.69 Å². The van der Waals surface area contributed by atoms with Gasteiger partial charge in [-0.15, -0.1) is 0 Å². The topological polar surface area (TPSA) is 128 Å². The number of aromatic nitrogens is 3. The Morgan fingerprint density at radius 2 is 1.88 bits per heavy atom. The van der Waals surface area contributed by atoms with Crippen LogP contribution >= 0.6 is 0 Å². The van der Waals surface area contributed by atoms with Crippen molar-refractivity contribution in [2.45, 2.75) is 18.2 Å². The van der Waals surface area contributed by atoms with Crippen molar-refractivity contribution in [3.05, 3.63) is 71.3 Å². The zero-order valence-corrected chi connectivity index (χ0v) is 14.6. The zero-order chi connectivity index (χ0) is 18.9. The molecule has 1 aromatic heterocycles. The summed E-state index contributed by atoms with van der Waals surface area (Å²) in [5.74, 6) is -0.272. The fraction of sp³-hybridized carbons (Fsp3) is 0.118. The summed E-state index contributed by atoms with van der Waals surface area (Å²) in [6.45, 7) is 1.70. The molecule has 2 aromatic carbocycles. The molecule has 0 amide bonds. The van der Waals surface area contributed by atoms with Gasteiger partial charge in [-0.3, -0.25) is 0 Å². The number of carbonyl (C=O) groups is 1. The Kier molecular flexibility index (Phi) is 4.58. The summed E-state index contributed by atoms with van der Waals surface area (Å²) in [7, 11) is -4.02. The van der Waals surface area contributed by atoms with Gasteiger partial charge in [0.2, 0.25) is 10.0 Å². The van der Waals surface area contributed by atoms with Gasteiger partial charge in [0.05, 0.1) is 16.1 Å². The van der Waals surface area contributed by atoms with Crippen LogP contribution in [0.15, 0.2) is 53.4 Å². The lowest BCUT2D eigenvalue weighted by molar-refractivity contribution is 0.0696. The second kappa shape index (κ2) is 6.70. The van der Waals surface area contributed by atoms with Gasteiger partial charge in [0.1, 0.15) is 11.6 Å². The van der Waals surface area contributed by atoms with Gasteiger partial charge < -0.3 is 5.11 Å². The maximum Gasteiger partial charge on any atom is 0.337 e. The number of aromatic carboxylic acids is 1. The molecule has 26 heavy (non-hydrogen) atoms. The van der Waals surface area contributed by atoms with E-state index in [1.54, 1.807) is 6.92 Å². The molecule has 0 atom stereocenters. The summed E-state index contributed by atoms with van der Waals surface area (Å²) in [6, 6.07) is 13.2. The van der Waals surface area contributed by atoms with Gasteiger partial charge in [-0.05, 0) is 30.7 Å². The average molecular weight is 372 g/mol. The fourth-order valence-corrected chi connectivity index (χ4v) is 3.13. The highest BCUT2D eigenvalue weighted by atomic mass is 32.2. The van der Waals surface area contributed by atoms with Crippen molar-refractivity contribution >= 4 is 16.0 Å². The van der Waals surface area contributed by atoms with Crippen molar-refractivity contribution in [1.82, 2.24) is 14.8 Å². The van der Waals surface area contributed by atoms with Gasteiger partial charge in [0, 0.05) is 6.42 Å². The van der Waals surface area contributed by atoms with E-state index in [1.807, 2.05) is 30.3 Å². The first kappa shape index (κ1) is 17.8. The third kappa shape index (κ3) is 3.63. The van der Waals surface area contributed by atoms with Crippen LogP contribution < -0.4 is 5.14 Å². The van der Waals surface area contributed by atoms with Crippen LogP contribution in [0.3, 0.4) is 0 Å². The quantitative estimate of drug-likeness (QED) is 0.699. The molecule has 9 heteroatoms. The minimum Gasteiger partial charge on any atom is -0.478 e. The number of primary sulfonamides is 1. The predicted octanol–water partition coefficient (Wildman–Crippen LogP) is 1.51. The van der Waals surface area contributed by atoms with Gasteiger partial charge in [-0.25, -0.2) is 28.0 Å². The zero-order valence-electron chi connectivity index (χ0n) is 13.8. The minimum absolute atomic E-state index is 0.219. The van der Waals surface area contributed by atoms with Gasteiger partial charge >= 0.3 is 5.97 Å². The summed E-state index contributed by atoms with van der Waals surface area (Å²) in [5.41, 5.74) is 0.978. The van der Waals surface area contributed by atoms with Gasteiger partial charge in [0.15, 0.2) is 0 Å². The van der Waals surface area contributed by atoms with E-state index in [-0.39, 0.29) is 16.1 Å². The Labute approximate surface area is 150 Å². The summed E-state index contributed by atoms with van der Waals surface area (Å²) in [5, 5.41) is 18.9. The number of carboxylic acids is 1. The van der Waals surface area contributed by atoms with E-state index in [1.165, 1.54) is 16.8 Å². The molecule has 3 N–H and O–H groups in total. The highest BCUT2D eigenvalue weighted by Crippen LogP contribution is 2.21. The third-order valence-electron chi connectivity index (χ3n) is 3.74. The van der Waals surface area contributed by atoms with Crippen molar-refractivity contribution < 1.29 is 18.3 Å². The lowest BCUT2D eigenvalue weighted by Gasteiger charge is -2.10. The van der Waals surface area contributed by atoms with E-state index in [0.717, 1.165) is 11.6 Å². The molecule has 0 aliphatic heterocycles. The van der Waals surface area contributed by atoms with Crippen LogP contribution in [0.25, 0.3) is 5.69 Å². The molecule has 0 bridgehead atoms. The number of rotatable bonds is 5. The summed E-state index contributed by atoms with van der Waals surface area (Å²) >= 11 is 0. The minimum atomic E-state index is -4.02. The number of carboxylic acid groups (broad SMARTS) is 1. The number of nitrogens with zero attached hydrogens (tertiary/aromatic N) is 3. The Balaban J connectivity index is 2.14. The van der Waals surface area contributed by atoms with Crippen molar-refractivity contribution in [2.75, 3.05) is 0 Å².